The van der Waals surface area contributed by atoms with Gasteiger partial charge in [-0.25, -0.2) is 0 Å². The molecule has 1 N–H and O–H groups in total. The van der Waals surface area contributed by atoms with Crippen molar-refractivity contribution < 1.29 is 14.6 Å². The van der Waals surface area contributed by atoms with Crippen LogP contribution in [0.2, 0.25) is 0 Å². The van der Waals surface area contributed by atoms with E-state index in [-0.39, 0.29) is 12.5 Å². The Kier molecular flexibility index (Phi) is 4.74. The van der Waals surface area contributed by atoms with Crippen LogP contribution in [0, 0.1) is 0 Å². The van der Waals surface area contributed by atoms with Crippen LogP contribution in [0.3, 0.4) is 0 Å². The lowest BCUT2D eigenvalue weighted by atomic mass is 10.1. The SMILES string of the molecule is O=C(O)CCN1CCO[C@H](c2cccc(Br)c2)C1. The Bertz CT molecular complexity index is 424. The number of benzene rings is 1. The minimum absolute atomic E-state index is 0.0324. The summed E-state index contributed by atoms with van der Waals surface area (Å²) in [4.78, 5) is 12.7. The molecule has 0 bridgehead atoms. The largest absolute Gasteiger partial charge is 0.481 e. The predicted octanol–water partition coefficient (Wildman–Crippen LogP) is 2.30. The van der Waals surface area contributed by atoms with Crippen LogP contribution in [0.15, 0.2) is 28.7 Å². The van der Waals surface area contributed by atoms with Gasteiger partial charge in [-0.2, -0.15) is 0 Å². The number of aliphatic carboxylic acids is 1. The molecule has 2 rings (SSSR count). The van der Waals surface area contributed by atoms with Crippen molar-refractivity contribution in [2.24, 2.45) is 0 Å². The van der Waals surface area contributed by atoms with Gasteiger partial charge in [0.15, 0.2) is 0 Å². The summed E-state index contributed by atoms with van der Waals surface area (Å²) in [5.74, 6) is -0.750. The molecule has 1 aromatic rings. The summed E-state index contributed by atoms with van der Waals surface area (Å²) in [5.41, 5.74) is 1.13. The fraction of sp³-hybridized carbons (Fsp3) is 0.462. The average molecular weight is 314 g/mol. The van der Waals surface area contributed by atoms with Gasteiger partial charge in [0.1, 0.15) is 0 Å². The fourth-order valence-electron chi connectivity index (χ4n) is 2.07. The van der Waals surface area contributed by atoms with Crippen molar-refractivity contribution in [1.29, 1.82) is 0 Å². The van der Waals surface area contributed by atoms with Gasteiger partial charge in [-0.05, 0) is 17.7 Å². The van der Waals surface area contributed by atoms with Gasteiger partial charge in [0.25, 0.3) is 0 Å². The molecular weight excluding hydrogens is 298 g/mol. The third-order valence-corrected chi connectivity index (χ3v) is 3.51. The van der Waals surface area contributed by atoms with Crippen molar-refractivity contribution in [1.82, 2.24) is 4.90 Å². The topological polar surface area (TPSA) is 49.8 Å². The minimum Gasteiger partial charge on any atom is -0.481 e. The Hall–Kier alpha value is -0.910. The molecule has 0 amide bonds. The molecule has 98 valence electrons. The Morgan fingerprint density at radius 2 is 2.39 bits per heavy atom. The highest BCUT2D eigenvalue weighted by Gasteiger charge is 2.22. The first kappa shape index (κ1) is 13.5. The van der Waals surface area contributed by atoms with Gasteiger partial charge in [0.05, 0.1) is 19.1 Å². The standard InChI is InChI=1S/C13H16BrNO3/c14-11-3-1-2-10(8-11)12-9-15(6-7-18-12)5-4-13(16)17/h1-3,8,12H,4-7,9H2,(H,16,17)/t12-/m0/s1. The van der Waals surface area contributed by atoms with Crippen LogP contribution >= 0.6 is 15.9 Å². The first-order valence-corrected chi connectivity index (χ1v) is 6.75. The van der Waals surface area contributed by atoms with E-state index in [1.54, 1.807) is 0 Å². The zero-order valence-electron chi connectivity index (χ0n) is 10.0. The van der Waals surface area contributed by atoms with Gasteiger partial charge < -0.3 is 9.84 Å². The third-order valence-electron chi connectivity index (χ3n) is 3.01. The Morgan fingerprint density at radius 1 is 1.56 bits per heavy atom. The van der Waals surface area contributed by atoms with Crippen LogP contribution in [0.25, 0.3) is 0 Å². The van der Waals surface area contributed by atoms with Crippen LogP contribution in [0.4, 0.5) is 0 Å². The van der Waals surface area contributed by atoms with Crippen molar-refractivity contribution in [3.05, 3.63) is 34.3 Å². The first-order chi connectivity index (χ1) is 8.65. The van der Waals surface area contributed by atoms with Crippen molar-refractivity contribution in [3.8, 4) is 0 Å². The van der Waals surface area contributed by atoms with Gasteiger partial charge in [0, 0.05) is 24.1 Å². The molecule has 1 aliphatic heterocycles. The average Bonchev–Trinajstić information content (AvgIpc) is 2.37. The predicted molar refractivity (Wildman–Crippen MR) is 71.5 cm³/mol. The molecule has 1 aliphatic rings. The number of carboxylic acid groups (broad SMARTS) is 1. The molecule has 18 heavy (non-hydrogen) atoms. The zero-order chi connectivity index (χ0) is 13.0. The molecule has 0 unspecified atom stereocenters. The molecule has 4 nitrogen and oxygen atoms in total. The second-order valence-corrected chi connectivity index (χ2v) is 5.27. The number of nitrogens with zero attached hydrogens (tertiary/aromatic N) is 1. The van der Waals surface area contributed by atoms with E-state index in [2.05, 4.69) is 20.8 Å². The van der Waals surface area contributed by atoms with E-state index < -0.39 is 5.97 Å². The van der Waals surface area contributed by atoms with Gasteiger partial charge in [0.2, 0.25) is 0 Å². The normalized spacial score (nSPS) is 20.8. The van der Waals surface area contributed by atoms with E-state index in [4.69, 9.17) is 9.84 Å². The molecule has 1 saturated heterocycles. The zero-order valence-corrected chi connectivity index (χ0v) is 11.6. The molecule has 0 spiro atoms. The number of carbonyl (C=O) groups is 1. The van der Waals surface area contributed by atoms with Crippen LogP contribution in [-0.4, -0.2) is 42.2 Å². The Morgan fingerprint density at radius 3 is 3.11 bits per heavy atom. The molecule has 0 aromatic heterocycles. The number of halogens is 1. The number of rotatable bonds is 4. The van der Waals surface area contributed by atoms with Gasteiger partial charge in [-0.1, -0.05) is 28.1 Å². The maximum atomic E-state index is 10.6. The molecule has 0 radical (unpaired) electrons. The van der Waals surface area contributed by atoms with E-state index >= 15 is 0 Å². The number of carboxylic acids is 1. The van der Waals surface area contributed by atoms with E-state index in [0.717, 1.165) is 23.1 Å². The number of hydrogen-bond donors (Lipinski definition) is 1. The summed E-state index contributed by atoms with van der Waals surface area (Å²) < 4.78 is 6.78. The Labute approximate surface area is 115 Å². The molecule has 0 aliphatic carbocycles. The molecule has 1 fully saturated rings. The molecule has 0 saturated carbocycles. The highest BCUT2D eigenvalue weighted by atomic mass is 79.9. The molecule has 5 heteroatoms. The molecule has 1 atom stereocenters. The fourth-order valence-corrected chi connectivity index (χ4v) is 2.48. The molecule has 1 aromatic carbocycles. The summed E-state index contributed by atoms with van der Waals surface area (Å²) in [7, 11) is 0. The van der Waals surface area contributed by atoms with Gasteiger partial charge in [-0.3, -0.25) is 9.69 Å². The van der Waals surface area contributed by atoms with E-state index in [1.165, 1.54) is 0 Å². The lowest BCUT2D eigenvalue weighted by molar-refractivity contribution is -0.137. The monoisotopic (exact) mass is 313 g/mol. The lowest BCUT2D eigenvalue weighted by Crippen LogP contribution is -2.39. The molecule has 1 heterocycles. The Balaban J connectivity index is 1.96. The lowest BCUT2D eigenvalue weighted by Gasteiger charge is -2.32. The van der Waals surface area contributed by atoms with Crippen molar-refractivity contribution in [3.63, 3.8) is 0 Å². The maximum Gasteiger partial charge on any atom is 0.304 e. The van der Waals surface area contributed by atoms with Crippen molar-refractivity contribution >= 4 is 21.9 Å². The highest BCUT2D eigenvalue weighted by Crippen LogP contribution is 2.24. The number of ether oxygens (including phenoxy) is 1. The van der Waals surface area contributed by atoms with Crippen LogP contribution in [0.1, 0.15) is 18.1 Å². The first-order valence-electron chi connectivity index (χ1n) is 5.96. The second kappa shape index (κ2) is 6.31. The smallest absolute Gasteiger partial charge is 0.304 e. The van der Waals surface area contributed by atoms with Gasteiger partial charge in [-0.15, -0.1) is 0 Å². The minimum atomic E-state index is -0.750. The van der Waals surface area contributed by atoms with Crippen LogP contribution in [0.5, 0.6) is 0 Å². The summed E-state index contributed by atoms with van der Waals surface area (Å²) in [5, 5.41) is 8.70. The van der Waals surface area contributed by atoms with Crippen LogP contribution < -0.4 is 0 Å². The van der Waals surface area contributed by atoms with E-state index in [0.29, 0.717) is 13.2 Å². The van der Waals surface area contributed by atoms with Gasteiger partial charge >= 0.3 is 5.97 Å². The third kappa shape index (κ3) is 3.80. The summed E-state index contributed by atoms with van der Waals surface area (Å²) >= 11 is 3.45. The maximum absolute atomic E-state index is 10.6. The second-order valence-electron chi connectivity index (χ2n) is 4.36. The van der Waals surface area contributed by atoms with E-state index in [9.17, 15) is 4.79 Å². The molecular formula is C13H16BrNO3. The van der Waals surface area contributed by atoms with Crippen LogP contribution in [-0.2, 0) is 9.53 Å². The summed E-state index contributed by atoms with van der Waals surface area (Å²) in [6.07, 6.45) is 0.218. The number of hydrogen-bond acceptors (Lipinski definition) is 3. The van der Waals surface area contributed by atoms with Crippen molar-refractivity contribution in [2.45, 2.75) is 12.5 Å². The quantitative estimate of drug-likeness (QED) is 0.926. The summed E-state index contributed by atoms with van der Waals surface area (Å²) in [6.45, 7) is 2.79. The highest BCUT2D eigenvalue weighted by molar-refractivity contribution is 9.10. The van der Waals surface area contributed by atoms with E-state index in [1.807, 2.05) is 24.3 Å². The summed E-state index contributed by atoms with van der Waals surface area (Å²) in [6, 6.07) is 8.05. The number of morpholine rings is 1. The van der Waals surface area contributed by atoms with Crippen molar-refractivity contribution in [2.75, 3.05) is 26.2 Å².